The Morgan fingerprint density at radius 2 is 2.18 bits per heavy atom. The zero-order chi connectivity index (χ0) is 8.43. The molecule has 0 aliphatic carbocycles. The van der Waals surface area contributed by atoms with Gasteiger partial charge >= 0.3 is 5.97 Å². The summed E-state index contributed by atoms with van der Waals surface area (Å²) in [4.78, 5) is 13.2. The molecule has 0 aromatic heterocycles. The molecule has 64 valence electrons. The van der Waals surface area contributed by atoms with Gasteiger partial charge in [-0.25, -0.2) is 0 Å². The third-order valence-corrected chi connectivity index (χ3v) is 2.52. The fourth-order valence-corrected chi connectivity index (χ4v) is 1.53. The third kappa shape index (κ3) is 1.53. The van der Waals surface area contributed by atoms with Gasteiger partial charge in [0.05, 0.1) is 7.11 Å². The zero-order valence-electron chi connectivity index (χ0n) is 7.33. The van der Waals surface area contributed by atoms with Gasteiger partial charge in [-0.15, -0.1) is 0 Å². The van der Waals surface area contributed by atoms with Crippen LogP contribution in [0, 0.1) is 0 Å². The molecule has 1 aliphatic heterocycles. The molecule has 11 heavy (non-hydrogen) atoms. The van der Waals surface area contributed by atoms with Crippen LogP contribution in [0.25, 0.3) is 0 Å². The van der Waals surface area contributed by atoms with Crippen molar-refractivity contribution in [3.8, 4) is 0 Å². The molecule has 0 aromatic rings. The lowest BCUT2D eigenvalue weighted by Gasteiger charge is -2.20. The van der Waals surface area contributed by atoms with Crippen molar-refractivity contribution in [1.29, 1.82) is 0 Å². The van der Waals surface area contributed by atoms with E-state index in [1.165, 1.54) is 7.11 Å². The standard InChI is InChI=1S/C8H15NO2/c1-6-4-5-7(9(6)2)8(10)11-3/h6-7H,4-5H2,1-3H3/t6-,7+/m1/s1. The summed E-state index contributed by atoms with van der Waals surface area (Å²) in [5, 5.41) is 0. The second kappa shape index (κ2) is 3.22. The third-order valence-electron chi connectivity index (χ3n) is 2.52. The van der Waals surface area contributed by atoms with Crippen molar-refractivity contribution in [2.45, 2.75) is 31.8 Å². The molecule has 1 rings (SSSR count). The maximum Gasteiger partial charge on any atom is 0.323 e. The molecule has 0 unspecified atom stereocenters. The van der Waals surface area contributed by atoms with E-state index in [0.29, 0.717) is 6.04 Å². The van der Waals surface area contributed by atoms with Crippen LogP contribution >= 0.6 is 0 Å². The minimum atomic E-state index is -0.100. The molecule has 0 saturated carbocycles. The normalized spacial score (nSPS) is 32.3. The van der Waals surface area contributed by atoms with Crippen LogP contribution in [0.5, 0.6) is 0 Å². The highest BCUT2D eigenvalue weighted by Gasteiger charge is 2.33. The number of ether oxygens (including phenoxy) is 1. The van der Waals surface area contributed by atoms with Crippen molar-refractivity contribution < 1.29 is 9.53 Å². The van der Waals surface area contributed by atoms with E-state index in [2.05, 4.69) is 16.6 Å². The van der Waals surface area contributed by atoms with Crippen molar-refractivity contribution in [2.75, 3.05) is 14.2 Å². The zero-order valence-corrected chi connectivity index (χ0v) is 7.33. The first-order valence-corrected chi connectivity index (χ1v) is 3.96. The van der Waals surface area contributed by atoms with Crippen LogP contribution < -0.4 is 0 Å². The number of esters is 1. The number of hydrogen-bond acceptors (Lipinski definition) is 3. The van der Waals surface area contributed by atoms with Crippen molar-refractivity contribution in [2.24, 2.45) is 0 Å². The van der Waals surface area contributed by atoms with Crippen LogP contribution in [0.15, 0.2) is 0 Å². The lowest BCUT2D eigenvalue weighted by Crippen LogP contribution is -2.36. The van der Waals surface area contributed by atoms with Gasteiger partial charge in [0.25, 0.3) is 0 Å². The summed E-state index contributed by atoms with van der Waals surface area (Å²) in [6, 6.07) is 0.508. The molecular weight excluding hydrogens is 142 g/mol. The van der Waals surface area contributed by atoms with Crippen LogP contribution in [-0.2, 0) is 9.53 Å². The van der Waals surface area contributed by atoms with Gasteiger partial charge < -0.3 is 4.74 Å². The van der Waals surface area contributed by atoms with Gasteiger partial charge in [0.15, 0.2) is 0 Å². The summed E-state index contributed by atoms with van der Waals surface area (Å²) in [6.07, 6.45) is 2.03. The average molecular weight is 157 g/mol. The van der Waals surface area contributed by atoms with E-state index in [0.717, 1.165) is 12.8 Å². The Bertz CT molecular complexity index is 158. The summed E-state index contributed by atoms with van der Waals surface area (Å²) >= 11 is 0. The Morgan fingerprint density at radius 1 is 1.55 bits per heavy atom. The SMILES string of the molecule is COC(=O)[C@@H]1CC[C@@H](C)N1C. The second-order valence-electron chi connectivity index (χ2n) is 3.13. The number of carbonyl (C=O) groups is 1. The summed E-state index contributed by atoms with van der Waals surface area (Å²) in [6.45, 7) is 2.13. The largest absolute Gasteiger partial charge is 0.468 e. The summed E-state index contributed by atoms with van der Waals surface area (Å²) in [5.74, 6) is -0.100. The summed E-state index contributed by atoms with van der Waals surface area (Å²) < 4.78 is 4.67. The van der Waals surface area contributed by atoms with Crippen LogP contribution in [0.3, 0.4) is 0 Å². The fraction of sp³-hybridized carbons (Fsp3) is 0.875. The average Bonchev–Trinajstić information content (AvgIpc) is 2.32. The van der Waals surface area contributed by atoms with E-state index in [1.54, 1.807) is 0 Å². The van der Waals surface area contributed by atoms with Gasteiger partial charge in [-0.1, -0.05) is 0 Å². The van der Waals surface area contributed by atoms with E-state index >= 15 is 0 Å². The van der Waals surface area contributed by atoms with E-state index in [1.807, 2.05) is 7.05 Å². The molecule has 0 amide bonds. The van der Waals surface area contributed by atoms with Crippen LogP contribution in [-0.4, -0.2) is 37.1 Å². The lowest BCUT2D eigenvalue weighted by atomic mass is 10.2. The van der Waals surface area contributed by atoms with E-state index < -0.39 is 0 Å². The first kappa shape index (κ1) is 8.53. The highest BCUT2D eigenvalue weighted by molar-refractivity contribution is 5.76. The fourth-order valence-electron chi connectivity index (χ4n) is 1.53. The maximum absolute atomic E-state index is 11.1. The van der Waals surface area contributed by atoms with E-state index in [9.17, 15) is 4.79 Å². The number of carbonyl (C=O) groups excluding carboxylic acids is 1. The smallest absolute Gasteiger partial charge is 0.323 e. The minimum Gasteiger partial charge on any atom is -0.468 e. The Morgan fingerprint density at radius 3 is 2.55 bits per heavy atom. The molecule has 3 nitrogen and oxygen atoms in total. The molecule has 1 fully saturated rings. The predicted molar refractivity (Wildman–Crippen MR) is 42.3 cm³/mol. The monoisotopic (exact) mass is 157 g/mol. The van der Waals surface area contributed by atoms with E-state index in [4.69, 9.17) is 0 Å². The molecule has 0 bridgehead atoms. The Kier molecular flexibility index (Phi) is 2.49. The highest BCUT2D eigenvalue weighted by Crippen LogP contribution is 2.22. The maximum atomic E-state index is 11.1. The number of hydrogen-bond donors (Lipinski definition) is 0. The van der Waals surface area contributed by atoms with Crippen molar-refractivity contribution >= 4 is 5.97 Å². The van der Waals surface area contributed by atoms with Crippen molar-refractivity contribution in [3.63, 3.8) is 0 Å². The van der Waals surface area contributed by atoms with Crippen molar-refractivity contribution in [3.05, 3.63) is 0 Å². The van der Waals surface area contributed by atoms with Crippen molar-refractivity contribution in [1.82, 2.24) is 4.90 Å². The first-order valence-electron chi connectivity index (χ1n) is 3.96. The lowest BCUT2D eigenvalue weighted by molar-refractivity contribution is -0.145. The first-order chi connectivity index (χ1) is 5.16. The van der Waals surface area contributed by atoms with Gasteiger partial charge in [-0.05, 0) is 26.8 Å². The summed E-state index contributed by atoms with van der Waals surface area (Å²) in [5.41, 5.74) is 0. The highest BCUT2D eigenvalue weighted by atomic mass is 16.5. The second-order valence-corrected chi connectivity index (χ2v) is 3.13. The minimum absolute atomic E-state index is 0.00463. The molecule has 0 spiro atoms. The Labute approximate surface area is 67.3 Å². The molecule has 2 atom stereocenters. The number of likely N-dealkylation sites (tertiary alicyclic amines) is 1. The molecule has 1 aliphatic rings. The summed E-state index contributed by atoms with van der Waals surface area (Å²) in [7, 11) is 3.42. The molecule has 3 heteroatoms. The number of rotatable bonds is 1. The van der Waals surface area contributed by atoms with Gasteiger partial charge in [0.2, 0.25) is 0 Å². The van der Waals surface area contributed by atoms with Gasteiger partial charge in [-0.2, -0.15) is 0 Å². The molecule has 0 radical (unpaired) electrons. The molecule has 1 saturated heterocycles. The quantitative estimate of drug-likeness (QED) is 0.523. The topological polar surface area (TPSA) is 29.5 Å². The molecule has 0 N–H and O–H groups in total. The molecule has 0 aromatic carbocycles. The number of methoxy groups -OCH3 is 1. The van der Waals surface area contributed by atoms with Gasteiger partial charge in [-0.3, -0.25) is 9.69 Å². The molecular formula is C8H15NO2. The number of likely N-dealkylation sites (N-methyl/N-ethyl adjacent to an activating group) is 1. The van der Waals surface area contributed by atoms with Crippen LogP contribution in [0.2, 0.25) is 0 Å². The Hall–Kier alpha value is -0.570. The van der Waals surface area contributed by atoms with Crippen LogP contribution in [0.4, 0.5) is 0 Å². The van der Waals surface area contributed by atoms with Gasteiger partial charge in [0, 0.05) is 6.04 Å². The van der Waals surface area contributed by atoms with E-state index in [-0.39, 0.29) is 12.0 Å². The molecule has 1 heterocycles. The van der Waals surface area contributed by atoms with Crippen LogP contribution in [0.1, 0.15) is 19.8 Å². The predicted octanol–water partition coefficient (Wildman–Crippen LogP) is 0.642. The number of nitrogens with zero attached hydrogens (tertiary/aromatic N) is 1. The van der Waals surface area contributed by atoms with Gasteiger partial charge in [0.1, 0.15) is 6.04 Å². The Balaban J connectivity index is 2.54.